The number of hydrogen-bond acceptors (Lipinski definition) is 3. The molecule has 0 spiro atoms. The van der Waals surface area contributed by atoms with Crippen LogP contribution in [-0.2, 0) is 0 Å². The van der Waals surface area contributed by atoms with Crippen molar-refractivity contribution in [1.82, 2.24) is 4.90 Å². The van der Waals surface area contributed by atoms with Crippen molar-refractivity contribution in [1.29, 1.82) is 0 Å². The van der Waals surface area contributed by atoms with Crippen molar-refractivity contribution < 1.29 is 9.13 Å². The fraction of sp³-hybridized carbons (Fsp3) is 0.600. The molecule has 0 aliphatic rings. The van der Waals surface area contributed by atoms with Gasteiger partial charge in [-0.05, 0) is 45.1 Å². The van der Waals surface area contributed by atoms with Crippen molar-refractivity contribution in [2.75, 3.05) is 21.2 Å². The molecule has 19 heavy (non-hydrogen) atoms. The Balaban J connectivity index is 3.30. The molecule has 0 saturated carbocycles. The molecule has 0 aliphatic carbocycles. The molecular formula is C15H25FN2O. The van der Waals surface area contributed by atoms with E-state index in [0.29, 0.717) is 5.75 Å². The number of likely N-dealkylation sites (N-methyl/N-ethyl adjacent to an activating group) is 1. The molecule has 1 rings (SSSR count). The van der Waals surface area contributed by atoms with E-state index >= 15 is 0 Å². The molecule has 0 radical (unpaired) electrons. The molecule has 0 aliphatic heterocycles. The highest BCUT2D eigenvalue weighted by molar-refractivity contribution is 5.38. The van der Waals surface area contributed by atoms with Crippen LogP contribution in [0, 0.1) is 5.82 Å². The smallest absolute Gasteiger partial charge is 0.123 e. The summed E-state index contributed by atoms with van der Waals surface area (Å²) in [5.74, 6) is 0.355. The fourth-order valence-corrected chi connectivity index (χ4v) is 2.84. The topological polar surface area (TPSA) is 38.5 Å². The van der Waals surface area contributed by atoms with Crippen LogP contribution < -0.4 is 10.5 Å². The summed E-state index contributed by atoms with van der Waals surface area (Å²) < 4.78 is 18.8. The lowest BCUT2D eigenvalue weighted by atomic mass is 9.80. The van der Waals surface area contributed by atoms with Crippen LogP contribution in [0.1, 0.15) is 38.3 Å². The van der Waals surface area contributed by atoms with E-state index in [2.05, 4.69) is 18.7 Å². The van der Waals surface area contributed by atoms with Gasteiger partial charge in [-0.1, -0.05) is 13.8 Å². The van der Waals surface area contributed by atoms with Gasteiger partial charge in [0.25, 0.3) is 0 Å². The zero-order chi connectivity index (χ0) is 14.6. The first-order valence-corrected chi connectivity index (χ1v) is 6.69. The van der Waals surface area contributed by atoms with Gasteiger partial charge < -0.3 is 15.4 Å². The quantitative estimate of drug-likeness (QED) is 0.862. The van der Waals surface area contributed by atoms with Crippen molar-refractivity contribution >= 4 is 0 Å². The minimum atomic E-state index is -0.303. The molecular weight excluding hydrogens is 243 g/mol. The zero-order valence-electron chi connectivity index (χ0n) is 12.5. The minimum absolute atomic E-state index is 0.207. The Morgan fingerprint density at radius 1 is 1.32 bits per heavy atom. The summed E-state index contributed by atoms with van der Waals surface area (Å²) in [6, 6.07) is 4.20. The Morgan fingerprint density at radius 2 is 1.89 bits per heavy atom. The third kappa shape index (κ3) is 2.90. The van der Waals surface area contributed by atoms with E-state index in [1.54, 1.807) is 13.2 Å². The molecule has 0 bridgehead atoms. The first-order chi connectivity index (χ1) is 8.92. The van der Waals surface area contributed by atoms with E-state index in [0.717, 1.165) is 18.4 Å². The summed E-state index contributed by atoms with van der Waals surface area (Å²) in [5, 5.41) is 0. The Bertz CT molecular complexity index is 417. The molecule has 1 unspecified atom stereocenters. The molecule has 0 saturated heterocycles. The molecule has 3 nitrogen and oxygen atoms in total. The predicted octanol–water partition coefficient (Wildman–Crippen LogP) is 2.95. The average Bonchev–Trinajstić information content (AvgIpc) is 2.40. The second-order valence-electron chi connectivity index (χ2n) is 5.07. The van der Waals surface area contributed by atoms with E-state index in [9.17, 15) is 4.39 Å². The third-order valence-electron chi connectivity index (χ3n) is 4.22. The Hall–Kier alpha value is -1.13. The largest absolute Gasteiger partial charge is 0.496 e. The number of methoxy groups -OCH3 is 1. The highest BCUT2D eigenvalue weighted by atomic mass is 19.1. The van der Waals surface area contributed by atoms with Gasteiger partial charge in [0.15, 0.2) is 0 Å². The van der Waals surface area contributed by atoms with E-state index in [1.807, 2.05) is 14.1 Å². The summed E-state index contributed by atoms with van der Waals surface area (Å²) in [6.45, 7) is 4.21. The van der Waals surface area contributed by atoms with Gasteiger partial charge in [0.05, 0.1) is 13.2 Å². The Kier molecular flexibility index (Phi) is 5.32. The number of nitrogens with zero attached hydrogens (tertiary/aromatic N) is 1. The van der Waals surface area contributed by atoms with Gasteiger partial charge in [-0.15, -0.1) is 0 Å². The van der Waals surface area contributed by atoms with Crippen molar-refractivity contribution in [3.63, 3.8) is 0 Å². The molecule has 2 N–H and O–H groups in total. The number of ether oxygens (including phenoxy) is 1. The highest BCUT2D eigenvalue weighted by Gasteiger charge is 2.37. The van der Waals surface area contributed by atoms with E-state index in [1.165, 1.54) is 12.1 Å². The third-order valence-corrected chi connectivity index (χ3v) is 4.22. The van der Waals surface area contributed by atoms with E-state index < -0.39 is 0 Å². The van der Waals surface area contributed by atoms with E-state index in [4.69, 9.17) is 10.5 Å². The summed E-state index contributed by atoms with van der Waals surface area (Å²) >= 11 is 0. The molecule has 1 aromatic carbocycles. The number of benzene rings is 1. The van der Waals surface area contributed by atoms with Crippen molar-refractivity contribution in [2.24, 2.45) is 5.73 Å². The van der Waals surface area contributed by atoms with Crippen LogP contribution >= 0.6 is 0 Å². The lowest BCUT2D eigenvalue weighted by Crippen LogP contribution is -2.51. The molecule has 108 valence electrons. The highest BCUT2D eigenvalue weighted by Crippen LogP contribution is 2.38. The van der Waals surface area contributed by atoms with E-state index in [-0.39, 0.29) is 17.4 Å². The second kappa shape index (κ2) is 6.35. The maximum Gasteiger partial charge on any atom is 0.123 e. The average molecular weight is 268 g/mol. The SMILES string of the molecule is CCC(CC)(C(N)c1cc(F)ccc1OC)N(C)C. The van der Waals surface area contributed by atoms with Gasteiger partial charge in [0, 0.05) is 11.1 Å². The van der Waals surface area contributed by atoms with Gasteiger partial charge in [0.1, 0.15) is 11.6 Å². The van der Waals surface area contributed by atoms with Crippen LogP contribution in [0.25, 0.3) is 0 Å². The van der Waals surface area contributed by atoms with Crippen molar-refractivity contribution in [3.05, 3.63) is 29.6 Å². The lowest BCUT2D eigenvalue weighted by molar-refractivity contribution is 0.104. The molecule has 0 fully saturated rings. The van der Waals surface area contributed by atoms with Gasteiger partial charge >= 0.3 is 0 Å². The molecule has 0 heterocycles. The standard InChI is InChI=1S/C15H25FN2O/c1-6-15(7-2,18(3)4)14(17)12-10-11(16)8-9-13(12)19-5/h8-10,14H,6-7,17H2,1-5H3. The molecule has 1 atom stereocenters. The number of nitrogens with two attached hydrogens (primary N) is 1. The van der Waals surface area contributed by atoms with Crippen LogP contribution in [0.15, 0.2) is 18.2 Å². The minimum Gasteiger partial charge on any atom is -0.496 e. The summed E-state index contributed by atoms with van der Waals surface area (Å²) in [7, 11) is 5.61. The monoisotopic (exact) mass is 268 g/mol. The van der Waals surface area contributed by atoms with Gasteiger partial charge in [-0.25, -0.2) is 4.39 Å². The Labute approximate surface area is 115 Å². The molecule has 4 heteroatoms. The van der Waals surface area contributed by atoms with Gasteiger partial charge in [-0.2, -0.15) is 0 Å². The van der Waals surface area contributed by atoms with Crippen LogP contribution in [0.4, 0.5) is 4.39 Å². The van der Waals surface area contributed by atoms with Crippen molar-refractivity contribution in [2.45, 2.75) is 38.3 Å². The second-order valence-corrected chi connectivity index (χ2v) is 5.07. The normalized spacial score (nSPS) is 13.7. The fourth-order valence-electron chi connectivity index (χ4n) is 2.84. The number of rotatable bonds is 6. The first kappa shape index (κ1) is 15.9. The maximum atomic E-state index is 13.5. The van der Waals surface area contributed by atoms with Crippen LogP contribution in [0.3, 0.4) is 0 Å². The van der Waals surface area contributed by atoms with Gasteiger partial charge in [-0.3, -0.25) is 0 Å². The van der Waals surface area contributed by atoms with Crippen molar-refractivity contribution in [3.8, 4) is 5.75 Å². The Morgan fingerprint density at radius 3 is 2.32 bits per heavy atom. The lowest BCUT2D eigenvalue weighted by Gasteiger charge is -2.44. The summed E-state index contributed by atoms with van der Waals surface area (Å²) in [4.78, 5) is 2.13. The summed E-state index contributed by atoms with van der Waals surface area (Å²) in [5.41, 5.74) is 6.97. The summed E-state index contributed by atoms with van der Waals surface area (Å²) in [6.07, 6.45) is 1.77. The molecule has 1 aromatic rings. The van der Waals surface area contributed by atoms with Crippen LogP contribution in [-0.4, -0.2) is 31.6 Å². The molecule has 0 aromatic heterocycles. The first-order valence-electron chi connectivity index (χ1n) is 6.69. The zero-order valence-corrected chi connectivity index (χ0v) is 12.5. The number of halogens is 1. The van der Waals surface area contributed by atoms with Crippen LogP contribution in [0.5, 0.6) is 5.75 Å². The van der Waals surface area contributed by atoms with Crippen LogP contribution in [0.2, 0.25) is 0 Å². The van der Waals surface area contributed by atoms with Gasteiger partial charge in [0.2, 0.25) is 0 Å². The number of hydrogen-bond donors (Lipinski definition) is 1. The molecule has 0 amide bonds. The predicted molar refractivity (Wildman–Crippen MR) is 76.9 cm³/mol. The maximum absolute atomic E-state index is 13.5.